The fourth-order valence-electron chi connectivity index (χ4n) is 3.75. The number of Topliss-reactive ketones (excluding diaryl/α,β-unsaturated/α-hetero) is 1. The van der Waals surface area contributed by atoms with Gasteiger partial charge in [0.05, 0.1) is 23.2 Å². The van der Waals surface area contributed by atoms with E-state index in [4.69, 9.17) is 10.1 Å². The summed E-state index contributed by atoms with van der Waals surface area (Å²) < 4.78 is 6.09. The van der Waals surface area contributed by atoms with Crippen LogP contribution < -0.4 is 10.1 Å². The second-order valence-electron chi connectivity index (χ2n) is 8.75. The highest BCUT2D eigenvalue weighted by molar-refractivity contribution is 9.10. The molecule has 0 unspecified atom stereocenters. The number of amides is 1. The van der Waals surface area contributed by atoms with Crippen LogP contribution in [-0.4, -0.2) is 47.7 Å². The molecule has 1 amide bonds. The van der Waals surface area contributed by atoms with E-state index in [1.807, 2.05) is 27.7 Å². The number of ether oxygens (including phenoxy) is 1. The summed E-state index contributed by atoms with van der Waals surface area (Å²) >= 11 is 3.35. The van der Waals surface area contributed by atoms with E-state index in [9.17, 15) is 14.7 Å². The van der Waals surface area contributed by atoms with Crippen molar-refractivity contribution in [2.24, 2.45) is 0 Å². The van der Waals surface area contributed by atoms with Crippen molar-refractivity contribution in [3.05, 3.63) is 56.6 Å². The number of fused-ring (bicyclic) bond motifs is 1. The number of carbonyl (C=O) groups excluding carboxylic acids is 2. The average molecular weight is 583 g/mol. The Morgan fingerprint density at radius 3 is 2.48 bits per heavy atom. The van der Waals surface area contributed by atoms with Gasteiger partial charge in [-0.15, -0.1) is 17.0 Å². The largest absolute Gasteiger partial charge is 0.506 e. The van der Waals surface area contributed by atoms with Gasteiger partial charge in [-0.25, -0.2) is 0 Å². The van der Waals surface area contributed by atoms with Crippen LogP contribution in [0.25, 0.3) is 0 Å². The first kappa shape index (κ1) is 26.9. The van der Waals surface area contributed by atoms with Crippen molar-refractivity contribution in [3.8, 4) is 11.5 Å². The van der Waals surface area contributed by atoms with Gasteiger partial charge in [-0.2, -0.15) is 0 Å². The van der Waals surface area contributed by atoms with Gasteiger partial charge < -0.3 is 20.1 Å². The fraction of sp³-hybridized carbons (Fsp3) is 0.375. The van der Waals surface area contributed by atoms with Gasteiger partial charge in [-0.05, 0) is 58.1 Å². The molecule has 178 valence electrons. The first-order valence-electron chi connectivity index (χ1n) is 10.4. The predicted molar refractivity (Wildman–Crippen MR) is 137 cm³/mol. The minimum atomic E-state index is -0.342. The number of nitrogens with one attached hydrogen (secondary N) is 2. The first-order chi connectivity index (χ1) is 15.0. The van der Waals surface area contributed by atoms with E-state index in [1.165, 1.54) is 0 Å². The van der Waals surface area contributed by atoms with E-state index in [0.29, 0.717) is 45.6 Å². The average Bonchev–Trinajstić information content (AvgIpc) is 3.02. The molecule has 9 heteroatoms. The zero-order valence-electron chi connectivity index (χ0n) is 19.3. The third-order valence-corrected chi connectivity index (χ3v) is 6.04. The Hall–Kier alpha value is -2.39. The minimum Gasteiger partial charge on any atom is -0.506 e. The maximum atomic E-state index is 13.1. The molecule has 2 aromatic rings. The van der Waals surface area contributed by atoms with Gasteiger partial charge in [0.15, 0.2) is 5.78 Å². The Labute approximate surface area is 212 Å². The number of hydrogen-bond donors (Lipinski definition) is 3. The summed E-state index contributed by atoms with van der Waals surface area (Å²) in [6, 6.07) is 6.75. The molecule has 2 aromatic carbocycles. The summed E-state index contributed by atoms with van der Waals surface area (Å²) in [7, 11) is 1.54. The molecule has 1 aliphatic rings. The second kappa shape index (κ2) is 10.3. The van der Waals surface area contributed by atoms with Gasteiger partial charge in [0.25, 0.3) is 5.91 Å². The van der Waals surface area contributed by atoms with Crippen molar-refractivity contribution in [1.29, 1.82) is 5.41 Å². The van der Waals surface area contributed by atoms with Crippen LogP contribution in [0.1, 0.15) is 65.1 Å². The zero-order chi connectivity index (χ0) is 23.8. The van der Waals surface area contributed by atoms with Gasteiger partial charge in [-0.1, -0.05) is 20.8 Å². The SMILES string of the molecule is Br.CCOc1cc2c(cc1C(=O)NC)C(=N)N(CC(=O)c1cc(Br)c(O)c(C(C)(C)C)c1)C2. The lowest BCUT2D eigenvalue weighted by Gasteiger charge is -2.23. The number of amidine groups is 1. The van der Waals surface area contributed by atoms with Crippen LogP contribution >= 0.6 is 32.9 Å². The molecule has 33 heavy (non-hydrogen) atoms. The lowest BCUT2D eigenvalue weighted by atomic mass is 9.85. The van der Waals surface area contributed by atoms with E-state index >= 15 is 0 Å². The van der Waals surface area contributed by atoms with Crippen LogP contribution in [0.4, 0.5) is 0 Å². The fourth-order valence-corrected chi connectivity index (χ4v) is 4.21. The summed E-state index contributed by atoms with van der Waals surface area (Å²) in [5.74, 6) is 0.326. The molecule has 0 aliphatic carbocycles. The molecule has 0 saturated heterocycles. The molecule has 0 bridgehead atoms. The summed E-state index contributed by atoms with van der Waals surface area (Å²) in [4.78, 5) is 27.1. The summed E-state index contributed by atoms with van der Waals surface area (Å²) in [5.41, 5.74) is 2.60. The quantitative estimate of drug-likeness (QED) is 0.424. The number of ketones is 1. The summed E-state index contributed by atoms with van der Waals surface area (Å²) in [5, 5.41) is 21.6. The van der Waals surface area contributed by atoms with Gasteiger partial charge >= 0.3 is 0 Å². The molecule has 3 rings (SSSR count). The van der Waals surface area contributed by atoms with E-state index < -0.39 is 0 Å². The molecular weight excluding hydrogens is 554 g/mol. The van der Waals surface area contributed by atoms with Gasteiger partial charge in [0.2, 0.25) is 0 Å². The van der Waals surface area contributed by atoms with Crippen molar-refractivity contribution < 1.29 is 19.4 Å². The molecule has 0 spiro atoms. The number of phenols is 1. The van der Waals surface area contributed by atoms with Crippen molar-refractivity contribution >= 4 is 50.4 Å². The number of nitrogens with zero attached hydrogens (tertiary/aromatic N) is 1. The Morgan fingerprint density at radius 1 is 1.24 bits per heavy atom. The number of halogens is 2. The number of benzene rings is 2. The number of rotatable bonds is 6. The van der Waals surface area contributed by atoms with Crippen molar-refractivity contribution in [3.63, 3.8) is 0 Å². The van der Waals surface area contributed by atoms with E-state index in [0.717, 1.165) is 5.56 Å². The standard InChI is InChI=1S/C24H28BrN3O4.BrH/c1-6-32-20-9-14-11-28(22(26)15(14)10-16(20)23(31)27-5)12-19(29)13-7-17(24(2,3)4)21(30)18(25)8-13;/h7-10,26,30H,6,11-12H2,1-5H3,(H,27,31);1H. The number of phenolic OH excluding ortho intramolecular Hbond substituents is 1. The van der Waals surface area contributed by atoms with Crippen LogP contribution in [0.5, 0.6) is 11.5 Å². The second-order valence-corrected chi connectivity index (χ2v) is 9.60. The van der Waals surface area contributed by atoms with Crippen LogP contribution in [0, 0.1) is 5.41 Å². The molecule has 0 fully saturated rings. The Balaban J connectivity index is 0.00000385. The highest BCUT2D eigenvalue weighted by Crippen LogP contribution is 2.37. The van der Waals surface area contributed by atoms with E-state index in [1.54, 1.807) is 36.2 Å². The molecule has 0 aromatic heterocycles. The van der Waals surface area contributed by atoms with Crippen molar-refractivity contribution in [2.45, 2.75) is 39.7 Å². The number of carbonyl (C=O) groups is 2. The van der Waals surface area contributed by atoms with Crippen molar-refractivity contribution in [1.82, 2.24) is 10.2 Å². The molecule has 1 heterocycles. The normalized spacial score (nSPS) is 12.8. The maximum Gasteiger partial charge on any atom is 0.254 e. The maximum absolute atomic E-state index is 13.1. The molecule has 7 nitrogen and oxygen atoms in total. The minimum absolute atomic E-state index is 0. The molecule has 0 atom stereocenters. The lowest BCUT2D eigenvalue weighted by Crippen LogP contribution is -2.30. The summed E-state index contributed by atoms with van der Waals surface area (Å²) in [6.07, 6.45) is 0. The van der Waals surface area contributed by atoms with Crippen LogP contribution in [0.3, 0.4) is 0 Å². The molecular formula is C24H29Br2N3O4. The van der Waals surface area contributed by atoms with Crippen LogP contribution in [-0.2, 0) is 12.0 Å². The lowest BCUT2D eigenvalue weighted by molar-refractivity contribution is 0.0953. The first-order valence-corrected chi connectivity index (χ1v) is 11.2. The highest BCUT2D eigenvalue weighted by atomic mass is 79.9. The third-order valence-electron chi connectivity index (χ3n) is 5.44. The summed E-state index contributed by atoms with van der Waals surface area (Å²) in [6.45, 7) is 8.54. The third kappa shape index (κ3) is 5.41. The van der Waals surface area contributed by atoms with Gasteiger partial charge in [-0.3, -0.25) is 15.0 Å². The van der Waals surface area contributed by atoms with E-state index in [2.05, 4.69) is 21.2 Å². The van der Waals surface area contributed by atoms with E-state index in [-0.39, 0.29) is 52.2 Å². The van der Waals surface area contributed by atoms with Crippen LogP contribution in [0.15, 0.2) is 28.7 Å². The smallest absolute Gasteiger partial charge is 0.254 e. The number of hydrogen-bond acceptors (Lipinski definition) is 5. The zero-order valence-corrected chi connectivity index (χ0v) is 22.6. The Kier molecular flexibility index (Phi) is 8.35. The van der Waals surface area contributed by atoms with Crippen LogP contribution in [0.2, 0.25) is 0 Å². The monoisotopic (exact) mass is 581 g/mol. The molecule has 0 saturated carbocycles. The Morgan fingerprint density at radius 2 is 1.91 bits per heavy atom. The molecule has 3 N–H and O–H groups in total. The topological polar surface area (TPSA) is 103 Å². The van der Waals surface area contributed by atoms with Crippen molar-refractivity contribution in [2.75, 3.05) is 20.2 Å². The Bertz CT molecular complexity index is 1110. The van der Waals surface area contributed by atoms with Gasteiger partial charge in [0, 0.05) is 30.3 Å². The predicted octanol–water partition coefficient (Wildman–Crippen LogP) is 4.81. The van der Waals surface area contributed by atoms with Gasteiger partial charge in [0.1, 0.15) is 17.3 Å². The molecule has 1 aliphatic heterocycles. The molecule has 0 radical (unpaired) electrons. The highest BCUT2D eigenvalue weighted by Gasteiger charge is 2.30. The number of aromatic hydroxyl groups is 1.